The molecule has 3 amide bonds. The van der Waals surface area contributed by atoms with Crippen molar-refractivity contribution in [2.24, 2.45) is 5.73 Å². The number of nitrogens with one attached hydrogen (secondary N) is 1. The predicted octanol–water partition coefficient (Wildman–Crippen LogP) is 2.82. The first-order valence-corrected chi connectivity index (χ1v) is 12.6. The second kappa shape index (κ2) is 11.4. The van der Waals surface area contributed by atoms with Crippen molar-refractivity contribution in [3.63, 3.8) is 0 Å². The van der Waals surface area contributed by atoms with Crippen LogP contribution in [0, 0.1) is 6.92 Å². The molecule has 2 heterocycles. The van der Waals surface area contributed by atoms with Crippen LogP contribution in [0.2, 0.25) is 0 Å². The van der Waals surface area contributed by atoms with E-state index >= 15 is 0 Å². The maximum atomic E-state index is 14.1. The number of anilines is 2. The van der Waals surface area contributed by atoms with Gasteiger partial charge in [0.25, 0.3) is 11.8 Å². The third-order valence-corrected chi connectivity index (χ3v) is 7.07. The van der Waals surface area contributed by atoms with E-state index in [2.05, 4.69) is 9.69 Å². The number of nitrogens with two attached hydrogens (primary N) is 2. The molecule has 0 bridgehead atoms. The Kier molecular flexibility index (Phi) is 8.04. The Morgan fingerprint density at radius 3 is 2.54 bits per heavy atom. The number of para-hydroxylation sites is 1. The molecule has 0 radical (unpaired) electrons. The van der Waals surface area contributed by atoms with Crippen LogP contribution in [-0.4, -0.2) is 48.5 Å². The van der Waals surface area contributed by atoms with Gasteiger partial charge in [-0.15, -0.1) is 0 Å². The summed E-state index contributed by atoms with van der Waals surface area (Å²) in [7, 11) is 1.55. The predicted molar refractivity (Wildman–Crippen MR) is 141 cm³/mol. The van der Waals surface area contributed by atoms with Crippen molar-refractivity contribution >= 4 is 40.6 Å². The maximum absolute atomic E-state index is 14.1. The molecule has 37 heavy (non-hydrogen) atoms. The number of primary amides is 1. The average Bonchev–Trinajstić information content (AvgIpc) is 3.56. The number of nitrogen functional groups attached to an aromatic ring is 1. The molecule has 2 aromatic carbocycles. The van der Waals surface area contributed by atoms with Crippen molar-refractivity contribution in [1.82, 2.24) is 9.69 Å². The van der Waals surface area contributed by atoms with Gasteiger partial charge in [0, 0.05) is 18.8 Å². The minimum absolute atomic E-state index is 0.0162. The molecule has 1 fully saturated rings. The van der Waals surface area contributed by atoms with Gasteiger partial charge in [0.15, 0.2) is 5.69 Å². The van der Waals surface area contributed by atoms with Gasteiger partial charge in [0.05, 0.1) is 18.9 Å². The molecular weight excluding hydrogens is 494 g/mol. The molecule has 0 unspecified atom stereocenters. The second-order valence-corrected chi connectivity index (χ2v) is 9.43. The molecule has 0 saturated carbocycles. The number of hydrogen-bond donors (Lipinski definition) is 3. The number of aromatic nitrogens is 1. The summed E-state index contributed by atoms with van der Waals surface area (Å²) in [5.74, 6) is -1.20. The highest BCUT2D eigenvalue weighted by atomic mass is 32.1. The van der Waals surface area contributed by atoms with Crippen LogP contribution in [0.4, 0.5) is 11.4 Å². The fraction of sp³-hybridized carbons (Fsp3) is 0.308. The van der Waals surface area contributed by atoms with Crippen LogP contribution in [0.3, 0.4) is 0 Å². The Labute approximate surface area is 218 Å². The summed E-state index contributed by atoms with van der Waals surface area (Å²) in [6.07, 6.45) is 1.70. The van der Waals surface area contributed by atoms with Crippen LogP contribution < -0.4 is 26.4 Å². The van der Waals surface area contributed by atoms with E-state index in [0.29, 0.717) is 30.2 Å². The molecule has 11 heteroatoms. The maximum Gasteiger partial charge on any atom is 0.273 e. The van der Waals surface area contributed by atoms with Gasteiger partial charge in [-0.25, -0.2) is 0 Å². The number of methoxy groups -OCH3 is 1. The normalized spacial score (nSPS) is 15.7. The number of benzene rings is 2. The van der Waals surface area contributed by atoms with Gasteiger partial charge < -0.3 is 26.3 Å². The first-order valence-electron chi connectivity index (χ1n) is 11.8. The van der Waals surface area contributed by atoms with Crippen LogP contribution in [0.5, 0.6) is 5.75 Å². The monoisotopic (exact) mass is 523 g/mol. The number of aryl methyl sites for hydroxylation is 1. The third kappa shape index (κ3) is 5.57. The lowest BCUT2D eigenvalue weighted by Gasteiger charge is -2.32. The number of amides is 3. The molecular formula is C26H29N5O5S. The van der Waals surface area contributed by atoms with Crippen molar-refractivity contribution in [3.05, 3.63) is 70.2 Å². The zero-order valence-corrected chi connectivity index (χ0v) is 21.4. The lowest BCUT2D eigenvalue weighted by atomic mass is 10.0. The van der Waals surface area contributed by atoms with E-state index in [0.717, 1.165) is 29.9 Å². The van der Waals surface area contributed by atoms with Crippen molar-refractivity contribution in [2.45, 2.75) is 31.9 Å². The van der Waals surface area contributed by atoms with Gasteiger partial charge in [-0.3, -0.25) is 19.3 Å². The molecule has 10 nitrogen and oxygen atoms in total. The number of carbonyl (C=O) groups is 3. The minimum atomic E-state index is -1.07. The van der Waals surface area contributed by atoms with E-state index in [1.807, 2.05) is 19.1 Å². The van der Waals surface area contributed by atoms with Crippen LogP contribution in [-0.2, 0) is 9.53 Å². The summed E-state index contributed by atoms with van der Waals surface area (Å²) in [6, 6.07) is 13.1. The molecule has 1 saturated heterocycles. The first kappa shape index (κ1) is 26.1. The number of hydrogen-bond acceptors (Lipinski definition) is 8. The number of ether oxygens (including phenoxy) is 2. The summed E-state index contributed by atoms with van der Waals surface area (Å²) in [4.78, 5) is 41.1. The van der Waals surface area contributed by atoms with Gasteiger partial charge in [0.1, 0.15) is 16.7 Å². The van der Waals surface area contributed by atoms with E-state index in [4.69, 9.17) is 20.9 Å². The Balaban J connectivity index is 1.82. The molecule has 0 aliphatic carbocycles. The minimum Gasteiger partial charge on any atom is -0.497 e. The van der Waals surface area contributed by atoms with E-state index in [-0.39, 0.29) is 22.4 Å². The zero-order chi connectivity index (χ0) is 26.5. The van der Waals surface area contributed by atoms with Crippen LogP contribution in [0.1, 0.15) is 50.2 Å². The van der Waals surface area contributed by atoms with Gasteiger partial charge in [0.2, 0.25) is 5.91 Å². The SMILES string of the molecule is COc1ccc([C@@H](C(=O)NC[C@H]2CCCO2)N(C(=O)c2snc(C(N)=O)c2N)c2ccccc2C)cc1. The smallest absolute Gasteiger partial charge is 0.273 e. The molecule has 0 spiro atoms. The van der Waals surface area contributed by atoms with Crippen molar-refractivity contribution < 1.29 is 23.9 Å². The number of rotatable bonds is 9. The van der Waals surface area contributed by atoms with Gasteiger partial charge in [-0.05, 0) is 60.6 Å². The average molecular weight is 524 g/mol. The van der Waals surface area contributed by atoms with E-state index in [1.165, 1.54) is 4.90 Å². The Morgan fingerprint density at radius 2 is 1.95 bits per heavy atom. The van der Waals surface area contributed by atoms with Gasteiger partial charge in [-0.2, -0.15) is 4.37 Å². The number of carbonyl (C=O) groups excluding carboxylic acids is 3. The molecule has 1 aromatic heterocycles. The molecule has 3 aromatic rings. The Morgan fingerprint density at radius 1 is 1.22 bits per heavy atom. The first-order chi connectivity index (χ1) is 17.8. The summed E-state index contributed by atoms with van der Waals surface area (Å²) in [5, 5.41) is 2.96. The largest absolute Gasteiger partial charge is 0.497 e. The molecule has 1 aliphatic rings. The highest BCUT2D eigenvalue weighted by Crippen LogP contribution is 2.35. The van der Waals surface area contributed by atoms with Crippen molar-refractivity contribution in [1.29, 1.82) is 0 Å². The van der Waals surface area contributed by atoms with Gasteiger partial charge >= 0.3 is 0 Å². The lowest BCUT2D eigenvalue weighted by Crippen LogP contribution is -2.45. The molecule has 1 aliphatic heterocycles. The Bertz CT molecular complexity index is 1290. The second-order valence-electron chi connectivity index (χ2n) is 8.66. The highest BCUT2D eigenvalue weighted by Gasteiger charge is 2.37. The Hall–Kier alpha value is -3.96. The van der Waals surface area contributed by atoms with Crippen LogP contribution in [0.15, 0.2) is 48.5 Å². The quantitative estimate of drug-likeness (QED) is 0.390. The summed E-state index contributed by atoms with van der Waals surface area (Å²) in [6.45, 7) is 2.81. The highest BCUT2D eigenvalue weighted by molar-refractivity contribution is 7.09. The van der Waals surface area contributed by atoms with Gasteiger partial charge in [-0.1, -0.05) is 30.3 Å². The summed E-state index contributed by atoms with van der Waals surface area (Å²) < 4.78 is 14.9. The standard InChI is InChI=1S/C26H29N5O5S/c1-15-6-3-4-8-19(15)31(26(34)23-20(27)21(24(28)32)30-37-23)22(16-9-11-17(35-2)12-10-16)25(33)29-14-18-7-5-13-36-18/h3-4,6,8-12,18,22H,5,7,13-14,27H2,1-2H3,(H2,28,32)(H,29,33)/t18-,22+/m1/s1. The number of nitrogens with zero attached hydrogens (tertiary/aromatic N) is 2. The van der Waals surface area contributed by atoms with E-state index in [1.54, 1.807) is 43.5 Å². The van der Waals surface area contributed by atoms with Crippen LogP contribution in [0.25, 0.3) is 0 Å². The van der Waals surface area contributed by atoms with Crippen molar-refractivity contribution in [2.75, 3.05) is 30.9 Å². The molecule has 5 N–H and O–H groups in total. The zero-order valence-electron chi connectivity index (χ0n) is 20.6. The van der Waals surface area contributed by atoms with E-state index < -0.39 is 23.8 Å². The van der Waals surface area contributed by atoms with Crippen LogP contribution >= 0.6 is 11.5 Å². The molecule has 194 valence electrons. The fourth-order valence-electron chi connectivity index (χ4n) is 4.26. The fourth-order valence-corrected chi connectivity index (χ4v) is 5.00. The lowest BCUT2D eigenvalue weighted by molar-refractivity contribution is -0.123. The topological polar surface area (TPSA) is 150 Å². The summed E-state index contributed by atoms with van der Waals surface area (Å²) in [5.41, 5.74) is 13.0. The third-order valence-electron chi connectivity index (χ3n) is 6.22. The molecule has 4 rings (SSSR count). The summed E-state index contributed by atoms with van der Waals surface area (Å²) >= 11 is 0.767. The van der Waals surface area contributed by atoms with Crippen molar-refractivity contribution in [3.8, 4) is 5.75 Å². The van der Waals surface area contributed by atoms with E-state index in [9.17, 15) is 14.4 Å². The molecule has 2 atom stereocenters.